The summed E-state index contributed by atoms with van der Waals surface area (Å²) >= 11 is 0. The Labute approximate surface area is 198 Å². The number of benzene rings is 3. The van der Waals surface area contributed by atoms with Crippen LogP contribution in [0.3, 0.4) is 0 Å². The second-order valence-electron chi connectivity index (χ2n) is 9.94. The second kappa shape index (κ2) is 10.6. The van der Waals surface area contributed by atoms with Gasteiger partial charge in [-0.15, -0.1) is 0 Å². The van der Waals surface area contributed by atoms with Gasteiger partial charge >= 0.3 is 6.09 Å². The molecule has 174 valence electrons. The molecule has 0 aliphatic carbocycles. The number of carbonyl (C=O) groups is 1. The van der Waals surface area contributed by atoms with E-state index < -0.39 is 11.7 Å². The first-order valence-electron chi connectivity index (χ1n) is 11.6. The minimum absolute atomic E-state index is 0.375. The zero-order valence-electron chi connectivity index (χ0n) is 20.4. The minimum Gasteiger partial charge on any atom is -0.444 e. The number of carbonyl (C=O) groups excluding carboxylic acids is 1. The molecule has 0 saturated carbocycles. The van der Waals surface area contributed by atoms with Crippen molar-refractivity contribution in [2.24, 2.45) is 0 Å². The molecule has 0 saturated heterocycles. The van der Waals surface area contributed by atoms with Crippen molar-refractivity contribution in [3.8, 4) is 0 Å². The molecule has 33 heavy (non-hydrogen) atoms. The second-order valence-corrected chi connectivity index (χ2v) is 9.94. The van der Waals surface area contributed by atoms with E-state index in [1.807, 2.05) is 45.0 Å². The summed E-state index contributed by atoms with van der Waals surface area (Å²) in [5.41, 5.74) is 12.0. The van der Waals surface area contributed by atoms with Crippen LogP contribution >= 0.6 is 0 Å². The topological polar surface area (TPSA) is 64.3 Å². The lowest BCUT2D eigenvalue weighted by molar-refractivity contribution is 0.0636. The van der Waals surface area contributed by atoms with Crippen LogP contribution < -0.4 is 11.1 Å². The van der Waals surface area contributed by atoms with Crippen molar-refractivity contribution in [1.82, 2.24) is 0 Å². The molecule has 4 heteroatoms. The highest BCUT2D eigenvalue weighted by Crippen LogP contribution is 2.25. The molecule has 3 aromatic rings. The summed E-state index contributed by atoms with van der Waals surface area (Å²) in [6, 6.07) is 25.1. The Morgan fingerprint density at radius 3 is 1.64 bits per heavy atom. The molecule has 0 spiro atoms. The Hall–Kier alpha value is -3.27. The normalized spacial score (nSPS) is 13.2. The first kappa shape index (κ1) is 24.4. The Morgan fingerprint density at radius 1 is 0.788 bits per heavy atom. The molecule has 0 fully saturated rings. The van der Waals surface area contributed by atoms with Crippen molar-refractivity contribution in [2.45, 2.75) is 64.9 Å². The predicted octanol–water partition coefficient (Wildman–Crippen LogP) is 7.31. The Morgan fingerprint density at radius 2 is 1.21 bits per heavy atom. The van der Waals surface area contributed by atoms with Crippen molar-refractivity contribution in [1.29, 1.82) is 0 Å². The van der Waals surface area contributed by atoms with Crippen molar-refractivity contribution in [3.63, 3.8) is 0 Å². The van der Waals surface area contributed by atoms with Crippen molar-refractivity contribution in [2.75, 3.05) is 11.1 Å². The number of nitrogens with two attached hydrogens (primary N) is 1. The van der Waals surface area contributed by atoms with Gasteiger partial charge in [0.15, 0.2) is 0 Å². The third-order valence-electron chi connectivity index (χ3n) is 5.74. The fourth-order valence-electron chi connectivity index (χ4n) is 3.90. The highest BCUT2D eigenvalue weighted by molar-refractivity contribution is 5.84. The lowest BCUT2D eigenvalue weighted by atomic mass is 9.91. The molecule has 0 aliphatic heterocycles. The number of nitrogens with one attached hydrogen (secondary N) is 1. The van der Waals surface area contributed by atoms with Gasteiger partial charge in [0.05, 0.1) is 0 Å². The van der Waals surface area contributed by atoms with E-state index in [0.717, 1.165) is 24.2 Å². The molecule has 0 aromatic heterocycles. The maximum absolute atomic E-state index is 11.9. The fourth-order valence-corrected chi connectivity index (χ4v) is 3.90. The molecule has 3 N–H and O–H groups in total. The standard InChI is InChI=1S/C29H36N2O2/c1-20(24-10-14-26(30)15-11-24)18-22-6-8-23(9-7-22)19-21(2)25-12-16-27(17-13-25)31-28(32)33-29(3,4)5/h6-17,20-21H,18-19,30H2,1-5H3,(H,31,32). The first-order valence-corrected chi connectivity index (χ1v) is 11.6. The maximum Gasteiger partial charge on any atom is 0.412 e. The van der Waals surface area contributed by atoms with E-state index in [1.165, 1.54) is 22.3 Å². The SMILES string of the molecule is CC(Cc1ccc(CC(C)c2ccc(NC(=O)OC(C)(C)C)cc2)cc1)c1ccc(N)cc1. The van der Waals surface area contributed by atoms with Crippen LogP contribution in [0.15, 0.2) is 72.8 Å². The third kappa shape index (κ3) is 7.67. The van der Waals surface area contributed by atoms with E-state index in [-0.39, 0.29) is 0 Å². The molecule has 0 heterocycles. The molecule has 0 radical (unpaired) electrons. The van der Waals surface area contributed by atoms with Crippen LogP contribution in [0.2, 0.25) is 0 Å². The minimum atomic E-state index is -0.512. The zero-order valence-corrected chi connectivity index (χ0v) is 20.4. The molecule has 2 atom stereocenters. The van der Waals surface area contributed by atoms with Gasteiger partial charge in [0.2, 0.25) is 0 Å². The van der Waals surface area contributed by atoms with Crippen LogP contribution in [0.1, 0.15) is 68.7 Å². The fraction of sp³-hybridized carbons (Fsp3) is 0.345. The number of ether oxygens (including phenoxy) is 1. The van der Waals surface area contributed by atoms with Gasteiger partial charge in [0.1, 0.15) is 5.60 Å². The van der Waals surface area contributed by atoms with Crippen LogP contribution in [-0.2, 0) is 17.6 Å². The predicted molar refractivity (Wildman–Crippen MR) is 138 cm³/mol. The molecule has 1 amide bonds. The summed E-state index contributed by atoms with van der Waals surface area (Å²) in [6.45, 7) is 10.0. The van der Waals surface area contributed by atoms with Gasteiger partial charge in [-0.3, -0.25) is 5.32 Å². The molecular formula is C29H36N2O2. The zero-order chi connectivity index (χ0) is 24.0. The van der Waals surface area contributed by atoms with E-state index in [2.05, 4.69) is 67.7 Å². The van der Waals surface area contributed by atoms with E-state index >= 15 is 0 Å². The molecule has 0 aliphatic rings. The van der Waals surface area contributed by atoms with Crippen LogP contribution in [0.5, 0.6) is 0 Å². The van der Waals surface area contributed by atoms with Gasteiger partial charge in [-0.1, -0.05) is 62.4 Å². The monoisotopic (exact) mass is 444 g/mol. The third-order valence-corrected chi connectivity index (χ3v) is 5.74. The Kier molecular flexibility index (Phi) is 7.80. The first-order chi connectivity index (χ1) is 15.6. The summed E-state index contributed by atoms with van der Waals surface area (Å²) in [4.78, 5) is 11.9. The maximum atomic E-state index is 11.9. The van der Waals surface area contributed by atoms with Crippen LogP contribution in [0.4, 0.5) is 16.2 Å². The van der Waals surface area contributed by atoms with Gasteiger partial charge in [-0.2, -0.15) is 0 Å². The Balaban J connectivity index is 1.54. The van der Waals surface area contributed by atoms with Crippen LogP contribution in [0, 0.1) is 0 Å². The number of hydrogen-bond donors (Lipinski definition) is 2. The van der Waals surface area contributed by atoms with Crippen molar-refractivity contribution >= 4 is 17.5 Å². The molecule has 3 aromatic carbocycles. The molecule has 3 rings (SSSR count). The largest absolute Gasteiger partial charge is 0.444 e. The van der Waals surface area contributed by atoms with E-state index in [4.69, 9.17) is 10.5 Å². The number of hydrogen-bond acceptors (Lipinski definition) is 3. The summed E-state index contributed by atoms with van der Waals surface area (Å²) in [5, 5.41) is 2.78. The van der Waals surface area contributed by atoms with Gasteiger partial charge in [0, 0.05) is 11.4 Å². The van der Waals surface area contributed by atoms with Gasteiger partial charge in [-0.05, 0) is 92.0 Å². The van der Waals surface area contributed by atoms with E-state index in [1.54, 1.807) is 0 Å². The number of anilines is 2. The van der Waals surface area contributed by atoms with Crippen molar-refractivity contribution in [3.05, 3.63) is 95.1 Å². The van der Waals surface area contributed by atoms with Crippen molar-refractivity contribution < 1.29 is 9.53 Å². The van der Waals surface area contributed by atoms with E-state index in [9.17, 15) is 4.79 Å². The average Bonchev–Trinajstić information content (AvgIpc) is 2.74. The number of amides is 1. The quantitative estimate of drug-likeness (QED) is 0.376. The lowest BCUT2D eigenvalue weighted by Crippen LogP contribution is -2.27. The lowest BCUT2D eigenvalue weighted by Gasteiger charge is -2.20. The van der Waals surface area contributed by atoms with Gasteiger partial charge in [0.25, 0.3) is 0 Å². The molecule has 2 unspecified atom stereocenters. The molecular weight excluding hydrogens is 408 g/mol. The van der Waals surface area contributed by atoms with Gasteiger partial charge < -0.3 is 10.5 Å². The smallest absolute Gasteiger partial charge is 0.412 e. The summed E-state index contributed by atoms with van der Waals surface area (Å²) < 4.78 is 5.31. The molecule has 4 nitrogen and oxygen atoms in total. The van der Waals surface area contributed by atoms with E-state index in [0.29, 0.717) is 11.8 Å². The Bertz CT molecular complexity index is 1030. The average molecular weight is 445 g/mol. The van der Waals surface area contributed by atoms with Gasteiger partial charge in [-0.25, -0.2) is 4.79 Å². The molecule has 0 bridgehead atoms. The number of rotatable bonds is 7. The summed E-state index contributed by atoms with van der Waals surface area (Å²) in [5.74, 6) is 0.823. The summed E-state index contributed by atoms with van der Waals surface area (Å²) in [6.07, 6.45) is 1.53. The highest BCUT2D eigenvalue weighted by atomic mass is 16.6. The number of nitrogen functional groups attached to an aromatic ring is 1. The highest BCUT2D eigenvalue weighted by Gasteiger charge is 2.16. The van der Waals surface area contributed by atoms with Crippen LogP contribution in [-0.4, -0.2) is 11.7 Å². The van der Waals surface area contributed by atoms with Crippen LogP contribution in [0.25, 0.3) is 0 Å². The summed E-state index contributed by atoms with van der Waals surface area (Å²) in [7, 11) is 0.